The van der Waals surface area contributed by atoms with Crippen LogP contribution in [0.25, 0.3) is 0 Å². The molecule has 3 rings (SSSR count). The maximum absolute atomic E-state index is 13.2. The topological polar surface area (TPSA) is 82.1 Å². The van der Waals surface area contributed by atoms with Gasteiger partial charge < -0.3 is 20.1 Å². The number of piperazine rings is 1. The van der Waals surface area contributed by atoms with Gasteiger partial charge in [0.15, 0.2) is 6.61 Å². The summed E-state index contributed by atoms with van der Waals surface area (Å²) in [4.78, 5) is 27.4. The number of nitrogens with zero attached hydrogens (tertiary/aromatic N) is 2. The summed E-state index contributed by atoms with van der Waals surface area (Å²) in [5.41, 5.74) is -0.790. The van der Waals surface area contributed by atoms with E-state index in [0.29, 0.717) is 5.56 Å². The van der Waals surface area contributed by atoms with Crippen LogP contribution >= 0.6 is 0 Å². The summed E-state index contributed by atoms with van der Waals surface area (Å²) in [5.74, 6) is -0.380. The Morgan fingerprint density at radius 2 is 1.69 bits per heavy atom. The Labute approximate surface area is 183 Å². The molecule has 2 aromatic rings. The number of halogens is 3. The fourth-order valence-electron chi connectivity index (χ4n) is 3.54. The van der Waals surface area contributed by atoms with Crippen molar-refractivity contribution in [1.29, 1.82) is 0 Å². The average molecular weight is 451 g/mol. The van der Waals surface area contributed by atoms with Gasteiger partial charge in [0.25, 0.3) is 11.8 Å². The van der Waals surface area contributed by atoms with E-state index in [1.54, 1.807) is 24.3 Å². The highest BCUT2D eigenvalue weighted by atomic mass is 19.4. The molecule has 0 saturated carbocycles. The predicted octanol–water partition coefficient (Wildman–Crippen LogP) is 2.28. The number of hydrogen-bond acceptors (Lipinski definition) is 5. The third kappa shape index (κ3) is 5.38. The van der Waals surface area contributed by atoms with Gasteiger partial charge in [0.2, 0.25) is 0 Å². The van der Waals surface area contributed by atoms with E-state index in [1.807, 2.05) is 0 Å². The lowest BCUT2D eigenvalue weighted by Gasteiger charge is -2.37. The van der Waals surface area contributed by atoms with Crippen molar-refractivity contribution in [2.24, 2.45) is 0 Å². The van der Waals surface area contributed by atoms with E-state index in [-0.39, 0.29) is 55.9 Å². The molecule has 1 aliphatic rings. The summed E-state index contributed by atoms with van der Waals surface area (Å²) in [6.07, 6.45) is -6.00. The van der Waals surface area contributed by atoms with Crippen molar-refractivity contribution in [2.75, 3.05) is 39.8 Å². The van der Waals surface area contributed by atoms with Crippen molar-refractivity contribution in [3.63, 3.8) is 0 Å². The molecular weight excluding hydrogens is 427 g/mol. The van der Waals surface area contributed by atoms with Gasteiger partial charge >= 0.3 is 6.18 Å². The van der Waals surface area contributed by atoms with Crippen LogP contribution in [0.3, 0.4) is 0 Å². The monoisotopic (exact) mass is 451 g/mol. The van der Waals surface area contributed by atoms with E-state index >= 15 is 0 Å². The molecule has 172 valence electrons. The lowest BCUT2D eigenvalue weighted by atomic mass is 10.0. The van der Waals surface area contributed by atoms with Gasteiger partial charge in [0, 0.05) is 38.8 Å². The fraction of sp³-hybridized carbons (Fsp3) is 0.364. The zero-order chi connectivity index (χ0) is 23.3. The van der Waals surface area contributed by atoms with Gasteiger partial charge in [-0.3, -0.25) is 14.5 Å². The van der Waals surface area contributed by atoms with Gasteiger partial charge in [-0.2, -0.15) is 13.2 Å². The van der Waals surface area contributed by atoms with Crippen LogP contribution in [0, 0.1) is 0 Å². The number of carbonyl (C=O) groups is 2. The van der Waals surface area contributed by atoms with Crippen LogP contribution in [0.2, 0.25) is 0 Å². The number of ether oxygens (including phenoxy) is 1. The first-order valence-corrected chi connectivity index (χ1v) is 10.0. The second kappa shape index (κ2) is 10.0. The molecule has 10 heteroatoms. The fourth-order valence-corrected chi connectivity index (χ4v) is 3.54. The van der Waals surface area contributed by atoms with Crippen LogP contribution in [-0.4, -0.2) is 66.6 Å². The van der Waals surface area contributed by atoms with E-state index in [4.69, 9.17) is 4.74 Å². The minimum Gasteiger partial charge on any atom is -0.483 e. The van der Waals surface area contributed by atoms with E-state index in [0.717, 1.165) is 6.07 Å². The molecule has 0 bridgehead atoms. The summed E-state index contributed by atoms with van der Waals surface area (Å²) in [6.45, 7) is 0.574. The lowest BCUT2D eigenvalue weighted by molar-refractivity contribution is -0.142. The van der Waals surface area contributed by atoms with Crippen molar-refractivity contribution in [3.05, 3.63) is 65.2 Å². The Kier molecular flexibility index (Phi) is 7.37. The Balaban J connectivity index is 1.58. The van der Waals surface area contributed by atoms with Crippen LogP contribution in [0.5, 0.6) is 5.75 Å². The number of benzene rings is 2. The van der Waals surface area contributed by atoms with E-state index < -0.39 is 18.0 Å². The first-order valence-electron chi connectivity index (χ1n) is 10.0. The van der Waals surface area contributed by atoms with Crippen LogP contribution in [0.4, 0.5) is 13.2 Å². The molecule has 7 nitrogen and oxygen atoms in total. The minimum absolute atomic E-state index is 0.202. The van der Waals surface area contributed by atoms with Crippen molar-refractivity contribution >= 4 is 11.8 Å². The van der Waals surface area contributed by atoms with E-state index in [9.17, 15) is 27.9 Å². The zero-order valence-electron chi connectivity index (χ0n) is 17.4. The van der Waals surface area contributed by atoms with Crippen LogP contribution in [-0.2, 0) is 11.0 Å². The van der Waals surface area contributed by atoms with Gasteiger partial charge in [-0.25, -0.2) is 0 Å². The number of amides is 2. The van der Waals surface area contributed by atoms with Crippen molar-refractivity contribution in [2.45, 2.75) is 12.4 Å². The van der Waals surface area contributed by atoms with Crippen LogP contribution in [0.1, 0.15) is 27.7 Å². The maximum Gasteiger partial charge on any atom is 0.416 e. The summed E-state index contributed by atoms with van der Waals surface area (Å²) >= 11 is 0. The third-order valence-electron chi connectivity index (χ3n) is 5.27. The van der Waals surface area contributed by atoms with Crippen molar-refractivity contribution in [3.8, 4) is 5.75 Å². The number of para-hydroxylation sites is 1. The molecule has 0 spiro atoms. The third-order valence-corrected chi connectivity index (χ3v) is 5.27. The van der Waals surface area contributed by atoms with Crippen molar-refractivity contribution < 1.29 is 32.6 Å². The molecule has 1 fully saturated rings. The predicted molar refractivity (Wildman–Crippen MR) is 110 cm³/mol. The number of aliphatic hydroxyl groups excluding tert-OH is 1. The standard InChI is InChI=1S/C22H24F3N3O4/c1-26-20(30)16-7-3-5-9-18(16)32-14-19(29)27-10-12-28(13-11-27)21(31)15-6-2-4-8-17(15)22(23,24)25/h2-9,21,31H,10-14H2,1H3,(H,26,30). The van der Waals surface area contributed by atoms with Crippen molar-refractivity contribution in [1.82, 2.24) is 15.1 Å². The van der Waals surface area contributed by atoms with Crippen LogP contribution in [0.15, 0.2) is 48.5 Å². The Hall–Kier alpha value is -3.11. The quantitative estimate of drug-likeness (QED) is 0.705. The van der Waals surface area contributed by atoms with Gasteiger partial charge in [0.1, 0.15) is 12.0 Å². The Morgan fingerprint density at radius 1 is 1.06 bits per heavy atom. The van der Waals surface area contributed by atoms with Gasteiger partial charge in [0.05, 0.1) is 11.1 Å². The molecule has 1 heterocycles. The first kappa shape index (κ1) is 23.6. The lowest BCUT2D eigenvalue weighted by Crippen LogP contribution is -2.51. The highest BCUT2D eigenvalue weighted by Gasteiger charge is 2.36. The molecule has 1 unspecified atom stereocenters. The molecule has 1 atom stereocenters. The number of rotatable bonds is 6. The smallest absolute Gasteiger partial charge is 0.416 e. The number of carbonyl (C=O) groups excluding carboxylic acids is 2. The molecule has 1 saturated heterocycles. The van der Waals surface area contributed by atoms with E-state index in [1.165, 1.54) is 35.0 Å². The normalized spacial score (nSPS) is 15.8. The summed E-state index contributed by atoms with van der Waals surface area (Å²) in [6, 6.07) is 11.4. The number of nitrogens with one attached hydrogen (secondary N) is 1. The molecule has 0 aliphatic carbocycles. The Bertz CT molecular complexity index is 959. The van der Waals surface area contributed by atoms with Gasteiger partial charge in [-0.05, 0) is 18.2 Å². The summed E-state index contributed by atoms with van der Waals surface area (Å²) in [7, 11) is 1.49. The second-order valence-corrected chi connectivity index (χ2v) is 7.24. The number of aliphatic hydroxyl groups is 1. The molecule has 2 N–H and O–H groups in total. The summed E-state index contributed by atoms with van der Waals surface area (Å²) < 4.78 is 45.3. The van der Waals surface area contributed by atoms with Gasteiger partial charge in [-0.15, -0.1) is 0 Å². The molecule has 32 heavy (non-hydrogen) atoms. The second-order valence-electron chi connectivity index (χ2n) is 7.24. The van der Waals surface area contributed by atoms with Crippen LogP contribution < -0.4 is 10.1 Å². The largest absolute Gasteiger partial charge is 0.483 e. The molecule has 2 amide bonds. The number of alkyl halides is 3. The molecule has 1 aliphatic heterocycles. The Morgan fingerprint density at radius 3 is 2.34 bits per heavy atom. The summed E-state index contributed by atoms with van der Waals surface area (Å²) in [5, 5.41) is 13.0. The highest BCUT2D eigenvalue weighted by molar-refractivity contribution is 5.96. The minimum atomic E-state index is -4.57. The zero-order valence-corrected chi connectivity index (χ0v) is 17.4. The van der Waals surface area contributed by atoms with E-state index in [2.05, 4.69) is 5.32 Å². The molecule has 0 radical (unpaired) electrons. The SMILES string of the molecule is CNC(=O)c1ccccc1OCC(=O)N1CCN(C(O)c2ccccc2C(F)(F)F)CC1. The average Bonchev–Trinajstić information content (AvgIpc) is 2.81. The maximum atomic E-state index is 13.2. The first-order chi connectivity index (χ1) is 15.2. The molecular formula is C22H24F3N3O4. The number of hydrogen-bond donors (Lipinski definition) is 2. The molecule has 2 aromatic carbocycles. The van der Waals surface area contributed by atoms with Gasteiger partial charge in [-0.1, -0.05) is 30.3 Å². The highest BCUT2D eigenvalue weighted by Crippen LogP contribution is 2.35. The molecule has 0 aromatic heterocycles.